The molecule has 0 unspecified atom stereocenters. The Morgan fingerprint density at radius 2 is 1.71 bits per heavy atom. The van der Waals surface area contributed by atoms with Gasteiger partial charge in [-0.2, -0.15) is 13.2 Å². The fourth-order valence-corrected chi connectivity index (χ4v) is 2.65. The molecule has 0 aliphatic heterocycles. The molecule has 8 heteroatoms. The van der Waals surface area contributed by atoms with Gasteiger partial charge in [0.1, 0.15) is 0 Å². The molecule has 0 spiro atoms. The van der Waals surface area contributed by atoms with E-state index in [2.05, 4.69) is 0 Å². The van der Waals surface area contributed by atoms with Crippen molar-refractivity contribution in [2.75, 3.05) is 24.5 Å². The maximum atomic E-state index is 12.5. The van der Waals surface area contributed by atoms with Gasteiger partial charge in [-0.3, -0.25) is 0 Å². The molecular formula is C13H19F3N2O2S. The second-order valence-electron chi connectivity index (χ2n) is 5.07. The Morgan fingerprint density at radius 1 is 1.19 bits per heavy atom. The maximum absolute atomic E-state index is 12.5. The molecule has 1 rings (SSSR count). The number of hydrogen-bond acceptors (Lipinski definition) is 4. The van der Waals surface area contributed by atoms with Gasteiger partial charge in [-0.1, -0.05) is 13.8 Å². The number of anilines is 1. The van der Waals surface area contributed by atoms with Crippen LogP contribution in [0.15, 0.2) is 29.2 Å². The molecule has 0 atom stereocenters. The normalized spacial score (nSPS) is 12.7. The van der Waals surface area contributed by atoms with Gasteiger partial charge in [0.25, 0.3) is 9.84 Å². The summed E-state index contributed by atoms with van der Waals surface area (Å²) in [4.78, 5) is 1.16. The minimum absolute atomic E-state index is 0.343. The molecule has 1 aromatic carbocycles. The number of rotatable bonds is 6. The molecule has 0 fully saturated rings. The highest BCUT2D eigenvalue weighted by Crippen LogP contribution is 2.31. The molecule has 0 bridgehead atoms. The summed E-state index contributed by atoms with van der Waals surface area (Å²) in [5.41, 5.74) is 0.873. The molecule has 0 aliphatic rings. The summed E-state index contributed by atoms with van der Waals surface area (Å²) in [6.45, 7) is 5.64. The van der Waals surface area contributed by atoms with Crippen molar-refractivity contribution in [1.29, 1.82) is 0 Å². The lowest BCUT2D eigenvalue weighted by molar-refractivity contribution is -0.0436. The van der Waals surface area contributed by atoms with Crippen molar-refractivity contribution < 1.29 is 21.6 Å². The first kappa shape index (κ1) is 17.8. The summed E-state index contributed by atoms with van der Waals surface area (Å²) in [6, 6.07) is 4.69. The molecule has 0 aliphatic carbocycles. The van der Waals surface area contributed by atoms with Crippen molar-refractivity contribution in [3.63, 3.8) is 0 Å². The van der Waals surface area contributed by atoms with Gasteiger partial charge in [0, 0.05) is 25.3 Å². The van der Waals surface area contributed by atoms with Crippen LogP contribution in [0.25, 0.3) is 0 Å². The van der Waals surface area contributed by atoms with Crippen LogP contribution in [-0.2, 0) is 9.84 Å². The molecule has 120 valence electrons. The first-order valence-electron chi connectivity index (χ1n) is 6.46. The lowest BCUT2D eigenvalue weighted by Gasteiger charge is -2.26. The minimum Gasteiger partial charge on any atom is -0.370 e. The van der Waals surface area contributed by atoms with E-state index in [0.29, 0.717) is 31.2 Å². The number of nitrogens with two attached hydrogens (primary N) is 1. The Morgan fingerprint density at radius 3 is 2.10 bits per heavy atom. The molecule has 0 heterocycles. The smallest absolute Gasteiger partial charge is 0.370 e. The second-order valence-corrected chi connectivity index (χ2v) is 7.01. The Bertz CT molecular complexity index is 554. The highest BCUT2D eigenvalue weighted by atomic mass is 32.2. The van der Waals surface area contributed by atoms with Gasteiger partial charge in [-0.15, -0.1) is 0 Å². The van der Waals surface area contributed by atoms with Crippen LogP contribution in [-0.4, -0.2) is 33.6 Å². The standard InChI is InChI=1S/C13H19F3N2O2S/c1-10(2)9-18(8-7-17)11-3-5-12(6-4-11)21(19,20)13(14,15)16/h3-6,10H,7-9,17H2,1-2H3. The van der Waals surface area contributed by atoms with E-state index >= 15 is 0 Å². The number of nitrogens with zero attached hydrogens (tertiary/aromatic N) is 1. The number of hydrogen-bond donors (Lipinski definition) is 1. The van der Waals surface area contributed by atoms with Gasteiger partial charge >= 0.3 is 5.51 Å². The Balaban J connectivity index is 3.06. The maximum Gasteiger partial charge on any atom is 0.501 e. The fourth-order valence-electron chi connectivity index (χ4n) is 1.89. The zero-order chi connectivity index (χ0) is 16.3. The topological polar surface area (TPSA) is 63.4 Å². The summed E-state index contributed by atoms with van der Waals surface area (Å²) in [7, 11) is -5.30. The van der Waals surface area contributed by atoms with E-state index in [1.165, 1.54) is 12.1 Å². The number of benzene rings is 1. The van der Waals surface area contributed by atoms with Gasteiger partial charge in [0.05, 0.1) is 4.90 Å². The first-order chi connectivity index (χ1) is 9.59. The molecule has 0 aromatic heterocycles. The van der Waals surface area contributed by atoms with Crippen LogP contribution in [0.5, 0.6) is 0 Å². The molecular weight excluding hydrogens is 305 g/mol. The van der Waals surface area contributed by atoms with Crippen molar-refractivity contribution in [2.45, 2.75) is 24.3 Å². The third-order valence-electron chi connectivity index (χ3n) is 2.80. The second kappa shape index (κ2) is 6.65. The van der Waals surface area contributed by atoms with Gasteiger partial charge in [-0.25, -0.2) is 8.42 Å². The average molecular weight is 324 g/mol. The number of alkyl halides is 3. The predicted octanol–water partition coefficient (Wildman–Crippen LogP) is 2.40. The van der Waals surface area contributed by atoms with Crippen LogP contribution in [0.4, 0.5) is 18.9 Å². The van der Waals surface area contributed by atoms with Gasteiger partial charge < -0.3 is 10.6 Å². The van der Waals surface area contributed by atoms with Crippen molar-refractivity contribution in [3.05, 3.63) is 24.3 Å². The highest BCUT2D eigenvalue weighted by molar-refractivity contribution is 7.92. The molecule has 21 heavy (non-hydrogen) atoms. The highest BCUT2D eigenvalue weighted by Gasteiger charge is 2.46. The summed E-state index contributed by atoms with van der Waals surface area (Å²) in [5, 5.41) is 0. The van der Waals surface area contributed by atoms with Crippen LogP contribution < -0.4 is 10.6 Å². The lowest BCUT2D eigenvalue weighted by Crippen LogP contribution is -2.32. The molecule has 1 aromatic rings. The first-order valence-corrected chi connectivity index (χ1v) is 7.94. The molecule has 0 radical (unpaired) electrons. The van der Waals surface area contributed by atoms with Crippen LogP contribution in [0.2, 0.25) is 0 Å². The van der Waals surface area contributed by atoms with Crippen LogP contribution in [0, 0.1) is 5.92 Å². The van der Waals surface area contributed by atoms with Crippen molar-refractivity contribution in [3.8, 4) is 0 Å². The lowest BCUT2D eigenvalue weighted by atomic mass is 10.2. The summed E-state index contributed by atoms with van der Waals surface area (Å²) in [6.07, 6.45) is 0. The third kappa shape index (κ3) is 4.34. The van der Waals surface area contributed by atoms with Crippen molar-refractivity contribution >= 4 is 15.5 Å². The van der Waals surface area contributed by atoms with Gasteiger partial charge in [0.2, 0.25) is 0 Å². The van der Waals surface area contributed by atoms with E-state index in [1.807, 2.05) is 18.7 Å². The predicted molar refractivity (Wildman–Crippen MR) is 75.8 cm³/mol. The van der Waals surface area contributed by atoms with E-state index in [-0.39, 0.29) is 0 Å². The SMILES string of the molecule is CC(C)CN(CCN)c1ccc(S(=O)(=O)C(F)(F)F)cc1. The summed E-state index contributed by atoms with van der Waals surface area (Å²) in [5.74, 6) is 0.343. The van der Waals surface area contributed by atoms with Crippen LogP contribution >= 0.6 is 0 Å². The molecule has 4 nitrogen and oxygen atoms in total. The van der Waals surface area contributed by atoms with Crippen LogP contribution in [0.3, 0.4) is 0 Å². The van der Waals surface area contributed by atoms with E-state index in [9.17, 15) is 21.6 Å². The van der Waals surface area contributed by atoms with Crippen molar-refractivity contribution in [1.82, 2.24) is 0 Å². The van der Waals surface area contributed by atoms with E-state index < -0.39 is 20.2 Å². The van der Waals surface area contributed by atoms with E-state index in [1.54, 1.807) is 0 Å². The van der Waals surface area contributed by atoms with Gasteiger partial charge in [0.15, 0.2) is 0 Å². The zero-order valence-electron chi connectivity index (χ0n) is 11.9. The Hall–Kier alpha value is -1.28. The van der Waals surface area contributed by atoms with Gasteiger partial charge in [-0.05, 0) is 30.2 Å². The Kier molecular flexibility index (Phi) is 5.63. The molecule has 0 saturated heterocycles. The van der Waals surface area contributed by atoms with E-state index in [0.717, 1.165) is 12.1 Å². The monoisotopic (exact) mass is 324 g/mol. The fraction of sp³-hybridized carbons (Fsp3) is 0.538. The largest absolute Gasteiger partial charge is 0.501 e. The third-order valence-corrected chi connectivity index (χ3v) is 4.30. The molecule has 2 N–H and O–H groups in total. The zero-order valence-corrected chi connectivity index (χ0v) is 12.7. The summed E-state index contributed by atoms with van der Waals surface area (Å²) < 4.78 is 59.9. The molecule has 0 amide bonds. The number of sulfone groups is 1. The minimum atomic E-state index is -5.30. The van der Waals surface area contributed by atoms with Crippen LogP contribution in [0.1, 0.15) is 13.8 Å². The van der Waals surface area contributed by atoms with E-state index in [4.69, 9.17) is 5.73 Å². The van der Waals surface area contributed by atoms with Crippen molar-refractivity contribution in [2.24, 2.45) is 11.7 Å². The molecule has 0 saturated carbocycles. The average Bonchev–Trinajstić information content (AvgIpc) is 2.36. The quantitative estimate of drug-likeness (QED) is 0.873. The summed E-state index contributed by atoms with van der Waals surface area (Å²) >= 11 is 0. The Labute approximate surface area is 122 Å². The number of halogens is 3.